The van der Waals surface area contributed by atoms with Crippen molar-refractivity contribution in [1.82, 2.24) is 21.3 Å². The number of hydrogen-bond donors (Lipinski definition) is 10. The van der Waals surface area contributed by atoms with Gasteiger partial charge in [0.05, 0.1) is 12.6 Å². The Morgan fingerprint density at radius 2 is 1.44 bits per heavy atom. The molecule has 0 saturated carbocycles. The zero-order valence-corrected chi connectivity index (χ0v) is 24.7. The summed E-state index contributed by atoms with van der Waals surface area (Å²) in [5.74, 6) is -12.4. The van der Waals surface area contributed by atoms with Crippen LogP contribution in [-0.4, -0.2) is 123 Å². The number of carbonyl (C=O) groups excluding carboxylic acids is 4. The molecular weight excluding hydrogens is 580 g/mol. The second-order valence-electron chi connectivity index (χ2n) is 10.7. The lowest BCUT2D eigenvalue weighted by atomic mass is 9.88. The third kappa shape index (κ3) is 10.5. The lowest BCUT2D eigenvalue weighted by molar-refractivity contribution is -0.401. The fraction of sp³-hybridized carbons (Fsp3) is 0.846. The van der Waals surface area contributed by atoms with Gasteiger partial charge in [-0.2, -0.15) is 8.78 Å². The Hall–Kier alpha value is -2.54. The van der Waals surface area contributed by atoms with E-state index in [2.05, 4.69) is 27.6 Å². The highest BCUT2D eigenvalue weighted by Gasteiger charge is 2.69. The van der Waals surface area contributed by atoms with E-state index in [1.165, 1.54) is 13.8 Å². The van der Waals surface area contributed by atoms with Crippen molar-refractivity contribution >= 4 is 23.6 Å². The van der Waals surface area contributed by atoms with Gasteiger partial charge >= 0.3 is 5.92 Å². The fourth-order valence-electron chi connectivity index (χ4n) is 4.22. The summed E-state index contributed by atoms with van der Waals surface area (Å²) in [5.41, 5.74) is 5.84. The minimum Gasteiger partial charge on any atom is -0.394 e. The van der Waals surface area contributed by atoms with E-state index in [1.807, 2.05) is 5.32 Å². The van der Waals surface area contributed by atoms with Gasteiger partial charge in [0.1, 0.15) is 36.5 Å². The molecule has 0 bridgehead atoms. The van der Waals surface area contributed by atoms with Crippen LogP contribution in [0.1, 0.15) is 65.7 Å². The summed E-state index contributed by atoms with van der Waals surface area (Å²) in [6.07, 6.45) is -4.80. The molecule has 1 saturated heterocycles. The number of unbranched alkanes of at least 4 members (excludes halogenated alkanes) is 4. The molecular formula is C26H47F2N5O10. The van der Waals surface area contributed by atoms with Gasteiger partial charge < -0.3 is 57.3 Å². The van der Waals surface area contributed by atoms with E-state index >= 15 is 0 Å². The Kier molecular flexibility index (Phi) is 15.8. The molecule has 4 amide bonds. The average Bonchev–Trinajstić information content (AvgIpc) is 2.96. The highest BCUT2D eigenvalue weighted by atomic mass is 19.3. The maximum absolute atomic E-state index is 14.7. The van der Waals surface area contributed by atoms with Crippen LogP contribution >= 0.6 is 0 Å². The van der Waals surface area contributed by atoms with Crippen LogP contribution < -0.4 is 27.0 Å². The van der Waals surface area contributed by atoms with E-state index in [4.69, 9.17) is 10.8 Å². The maximum atomic E-state index is 14.7. The Labute approximate surface area is 248 Å². The van der Waals surface area contributed by atoms with E-state index in [9.17, 15) is 48.4 Å². The molecule has 1 aliphatic heterocycles. The summed E-state index contributed by atoms with van der Waals surface area (Å²) < 4.78 is 34.0. The number of nitrogens with two attached hydrogens (primary N) is 1. The molecule has 0 aliphatic carbocycles. The SMILES string of the molecule is CCCCCCNC(=O)[C@H](C)NC(=O)[C@H](C)NC(=O)[C@@H](N)CCCCNC(=O)C(F)(F)[C@]1(O)O[C@H](CO)[C@H](O)[C@H](O)[C@H]1O. The van der Waals surface area contributed by atoms with Gasteiger partial charge in [0.25, 0.3) is 11.7 Å². The minimum atomic E-state index is -4.80. The zero-order valence-electron chi connectivity index (χ0n) is 24.7. The molecule has 0 aromatic heterocycles. The molecule has 8 atom stereocenters. The van der Waals surface area contributed by atoms with Gasteiger partial charge in [-0.05, 0) is 39.5 Å². The molecule has 0 radical (unpaired) electrons. The number of rotatable bonds is 18. The third-order valence-electron chi connectivity index (χ3n) is 7.10. The van der Waals surface area contributed by atoms with Crippen molar-refractivity contribution in [2.75, 3.05) is 19.7 Å². The second kappa shape index (κ2) is 17.7. The van der Waals surface area contributed by atoms with Crippen LogP contribution in [0.5, 0.6) is 0 Å². The number of nitrogens with one attached hydrogen (secondary N) is 4. The first kappa shape index (κ1) is 38.5. The number of hydrogen-bond acceptors (Lipinski definition) is 11. The molecule has 1 aliphatic rings. The van der Waals surface area contributed by atoms with Crippen LogP contribution in [0.4, 0.5) is 8.78 Å². The first-order valence-electron chi connectivity index (χ1n) is 14.4. The van der Waals surface area contributed by atoms with Crippen LogP contribution in [-0.2, 0) is 23.9 Å². The Bertz CT molecular complexity index is 931. The summed E-state index contributed by atoms with van der Waals surface area (Å²) in [4.78, 5) is 49.0. The predicted octanol–water partition coefficient (Wildman–Crippen LogP) is -2.90. The standard InChI is InChI=1S/C26H47F2N5O10/c1-4-5-6-8-11-30-21(38)14(2)32-22(39)15(3)33-23(40)16(29)10-7-9-12-31-24(41)25(27,28)26(42)20(37)19(36)18(35)17(13-34)43-26/h14-20,34-37,42H,4-13,29H2,1-3H3,(H,30,38)(H,31,41)(H,32,39)(H,33,40)/t14-,15-,16-,17+,18-,19-,20+,26+/m0/s1. The van der Waals surface area contributed by atoms with Crippen LogP contribution in [0, 0.1) is 0 Å². The summed E-state index contributed by atoms with van der Waals surface area (Å²) in [6, 6.07) is -2.91. The van der Waals surface area contributed by atoms with E-state index in [0.29, 0.717) is 6.54 Å². The summed E-state index contributed by atoms with van der Waals surface area (Å²) in [6.45, 7) is 4.03. The smallest absolute Gasteiger partial charge is 0.379 e. The summed E-state index contributed by atoms with van der Waals surface area (Å²) in [5, 5.41) is 58.2. The van der Waals surface area contributed by atoms with Crippen molar-refractivity contribution in [2.45, 2.75) is 120 Å². The number of alkyl halides is 2. The maximum Gasteiger partial charge on any atom is 0.379 e. The van der Waals surface area contributed by atoms with Gasteiger partial charge in [-0.15, -0.1) is 0 Å². The molecule has 250 valence electrons. The topological polar surface area (TPSA) is 253 Å². The minimum absolute atomic E-state index is 0.0529. The molecule has 0 aromatic carbocycles. The van der Waals surface area contributed by atoms with Gasteiger partial charge in [0.2, 0.25) is 17.7 Å². The molecule has 0 spiro atoms. The number of carbonyl (C=O) groups is 4. The fourth-order valence-corrected chi connectivity index (χ4v) is 4.22. The highest BCUT2D eigenvalue weighted by molar-refractivity contribution is 5.92. The van der Waals surface area contributed by atoms with Crippen LogP contribution in [0.25, 0.3) is 0 Å². The van der Waals surface area contributed by atoms with Crippen molar-refractivity contribution in [2.24, 2.45) is 5.73 Å². The molecule has 15 nitrogen and oxygen atoms in total. The molecule has 0 aromatic rings. The van der Waals surface area contributed by atoms with Crippen molar-refractivity contribution in [3.05, 3.63) is 0 Å². The predicted molar refractivity (Wildman–Crippen MR) is 147 cm³/mol. The van der Waals surface area contributed by atoms with Crippen molar-refractivity contribution in [3.63, 3.8) is 0 Å². The lowest BCUT2D eigenvalue weighted by Crippen LogP contribution is -2.73. The second-order valence-corrected chi connectivity index (χ2v) is 10.7. The van der Waals surface area contributed by atoms with E-state index < -0.39 is 78.6 Å². The molecule has 1 rings (SSSR count). The third-order valence-corrected chi connectivity index (χ3v) is 7.10. The van der Waals surface area contributed by atoms with Crippen LogP contribution in [0.2, 0.25) is 0 Å². The number of ether oxygens (including phenoxy) is 1. The number of aliphatic hydroxyl groups is 5. The van der Waals surface area contributed by atoms with E-state index in [0.717, 1.165) is 25.7 Å². The van der Waals surface area contributed by atoms with Crippen molar-refractivity contribution in [1.29, 1.82) is 0 Å². The largest absolute Gasteiger partial charge is 0.394 e. The molecule has 0 unspecified atom stereocenters. The summed E-state index contributed by atoms with van der Waals surface area (Å²) >= 11 is 0. The molecule has 1 fully saturated rings. The van der Waals surface area contributed by atoms with Gasteiger partial charge in [-0.1, -0.05) is 26.2 Å². The van der Waals surface area contributed by atoms with Crippen molar-refractivity contribution in [3.8, 4) is 0 Å². The van der Waals surface area contributed by atoms with E-state index in [-0.39, 0.29) is 31.7 Å². The lowest BCUT2D eigenvalue weighted by Gasteiger charge is -2.47. The normalized spacial score (nSPS) is 26.1. The Morgan fingerprint density at radius 3 is 2.05 bits per heavy atom. The zero-order chi connectivity index (χ0) is 33.0. The Morgan fingerprint density at radius 1 is 0.884 bits per heavy atom. The molecule has 1 heterocycles. The Balaban J connectivity index is 2.44. The molecule has 11 N–H and O–H groups in total. The van der Waals surface area contributed by atoms with Gasteiger partial charge in [-0.3, -0.25) is 19.2 Å². The number of aliphatic hydroxyl groups excluding tert-OH is 4. The van der Waals surface area contributed by atoms with Crippen LogP contribution in [0.15, 0.2) is 0 Å². The quantitative estimate of drug-likeness (QED) is 0.0690. The van der Waals surface area contributed by atoms with Gasteiger partial charge in [-0.25, -0.2) is 0 Å². The average molecular weight is 628 g/mol. The first-order chi connectivity index (χ1) is 20.0. The summed E-state index contributed by atoms with van der Waals surface area (Å²) in [7, 11) is 0. The molecule has 43 heavy (non-hydrogen) atoms. The molecule has 17 heteroatoms. The first-order valence-corrected chi connectivity index (χ1v) is 14.4. The van der Waals surface area contributed by atoms with Gasteiger partial charge in [0, 0.05) is 13.1 Å². The van der Waals surface area contributed by atoms with E-state index in [1.54, 1.807) is 0 Å². The number of amides is 4. The highest BCUT2D eigenvalue weighted by Crippen LogP contribution is 2.40. The van der Waals surface area contributed by atoms with Crippen molar-refractivity contribution < 1.29 is 58.2 Å². The van der Waals surface area contributed by atoms with Crippen LogP contribution in [0.3, 0.4) is 0 Å². The number of halogens is 2. The monoisotopic (exact) mass is 627 g/mol. The van der Waals surface area contributed by atoms with Gasteiger partial charge in [0.15, 0.2) is 0 Å².